The van der Waals surface area contributed by atoms with Crippen LogP contribution in [-0.4, -0.2) is 33.9 Å². The maximum atomic E-state index is 12.8. The molecule has 3 saturated carbocycles. The Labute approximate surface area is 166 Å². The minimum atomic E-state index is -0.888. The van der Waals surface area contributed by atoms with Crippen LogP contribution in [0.2, 0.25) is 0 Å². The average molecular weight is 389 g/mol. The second kappa shape index (κ2) is 6.25. The van der Waals surface area contributed by atoms with Gasteiger partial charge < -0.3 is 10.2 Å². The number of hydrogen-bond acceptors (Lipinski definition) is 4. The lowest BCUT2D eigenvalue weighted by Crippen LogP contribution is -2.57. The molecule has 4 aliphatic carbocycles. The van der Waals surface area contributed by atoms with Gasteiger partial charge in [0.15, 0.2) is 5.78 Å². The quantitative estimate of drug-likeness (QED) is 0.771. The summed E-state index contributed by atoms with van der Waals surface area (Å²) < 4.78 is 0. The molecule has 2 N–H and O–H groups in total. The molecule has 0 amide bonds. The zero-order chi connectivity index (χ0) is 20.5. The van der Waals surface area contributed by atoms with Crippen molar-refractivity contribution in [3.8, 4) is 0 Å². The Morgan fingerprint density at radius 3 is 2.46 bits per heavy atom. The van der Waals surface area contributed by atoms with E-state index >= 15 is 0 Å². The fourth-order valence-corrected chi connectivity index (χ4v) is 7.99. The first-order chi connectivity index (χ1) is 13.1. The van der Waals surface area contributed by atoms with E-state index in [9.17, 15) is 24.6 Å². The molecule has 0 bridgehead atoms. The zero-order valence-electron chi connectivity index (χ0n) is 17.2. The number of hydrogen-bond donors (Lipinski definition) is 2. The van der Waals surface area contributed by atoms with Gasteiger partial charge in [0.1, 0.15) is 5.78 Å². The Balaban J connectivity index is 1.72. The molecule has 4 aliphatic rings. The van der Waals surface area contributed by atoms with Crippen molar-refractivity contribution in [2.45, 2.75) is 78.2 Å². The molecule has 0 aliphatic heterocycles. The van der Waals surface area contributed by atoms with E-state index < -0.39 is 17.5 Å². The first-order valence-corrected chi connectivity index (χ1v) is 10.7. The number of aliphatic carboxylic acids is 1. The van der Waals surface area contributed by atoms with Crippen LogP contribution >= 0.6 is 0 Å². The molecule has 1 unspecified atom stereocenters. The summed E-state index contributed by atoms with van der Waals surface area (Å²) in [6.07, 6.45) is 6.26. The lowest BCUT2D eigenvalue weighted by molar-refractivity contribution is -0.157. The number of ketones is 2. The van der Waals surface area contributed by atoms with Crippen LogP contribution in [-0.2, 0) is 14.4 Å². The number of fused-ring (bicyclic) bond motifs is 5. The Hall–Kier alpha value is -1.49. The summed E-state index contributed by atoms with van der Waals surface area (Å²) in [4.78, 5) is 36.4. The maximum Gasteiger partial charge on any atom is 0.304 e. The van der Waals surface area contributed by atoms with Crippen molar-refractivity contribution < 1.29 is 24.6 Å². The van der Waals surface area contributed by atoms with Crippen LogP contribution < -0.4 is 0 Å². The molecule has 4 rings (SSSR count). The highest BCUT2D eigenvalue weighted by atomic mass is 16.4. The molecular formula is C23H32O5. The van der Waals surface area contributed by atoms with Gasteiger partial charge in [-0.3, -0.25) is 14.4 Å². The van der Waals surface area contributed by atoms with Gasteiger partial charge in [-0.15, -0.1) is 0 Å². The van der Waals surface area contributed by atoms with Crippen LogP contribution in [0.1, 0.15) is 72.1 Å². The van der Waals surface area contributed by atoms with Crippen LogP contribution in [0, 0.1) is 34.0 Å². The van der Waals surface area contributed by atoms with Crippen molar-refractivity contribution in [1.82, 2.24) is 0 Å². The van der Waals surface area contributed by atoms with E-state index in [0.717, 1.165) is 37.7 Å². The van der Waals surface area contributed by atoms with Crippen molar-refractivity contribution in [1.29, 1.82) is 0 Å². The summed E-state index contributed by atoms with van der Waals surface area (Å²) in [6, 6.07) is 0. The molecule has 0 heterocycles. The van der Waals surface area contributed by atoms with E-state index in [1.54, 1.807) is 13.0 Å². The normalized spacial score (nSPS) is 47.6. The molecule has 3 fully saturated rings. The maximum absolute atomic E-state index is 12.8. The van der Waals surface area contributed by atoms with Gasteiger partial charge in [-0.1, -0.05) is 19.4 Å². The van der Waals surface area contributed by atoms with Gasteiger partial charge in [-0.2, -0.15) is 0 Å². The molecule has 5 nitrogen and oxygen atoms in total. The summed E-state index contributed by atoms with van der Waals surface area (Å²) in [7, 11) is 0. The molecule has 0 aromatic carbocycles. The number of carbonyl (C=O) groups is 3. The number of Topliss-reactive ketones (excluding diaryl/α,β-unsaturated/α-hetero) is 1. The Morgan fingerprint density at radius 1 is 1.14 bits per heavy atom. The predicted molar refractivity (Wildman–Crippen MR) is 103 cm³/mol. The Bertz CT molecular complexity index is 769. The van der Waals surface area contributed by atoms with Gasteiger partial charge in [0.2, 0.25) is 0 Å². The van der Waals surface area contributed by atoms with Crippen LogP contribution in [0.4, 0.5) is 0 Å². The van der Waals surface area contributed by atoms with E-state index in [2.05, 4.69) is 13.8 Å². The first kappa shape index (κ1) is 19.8. The number of carboxylic acids is 1. The van der Waals surface area contributed by atoms with E-state index in [4.69, 9.17) is 0 Å². The van der Waals surface area contributed by atoms with Crippen molar-refractivity contribution in [2.75, 3.05) is 0 Å². The van der Waals surface area contributed by atoms with Crippen molar-refractivity contribution in [2.24, 2.45) is 34.0 Å². The molecule has 0 aromatic heterocycles. The van der Waals surface area contributed by atoms with Gasteiger partial charge in [0, 0.05) is 17.3 Å². The molecule has 154 valence electrons. The van der Waals surface area contributed by atoms with Crippen LogP contribution in [0.3, 0.4) is 0 Å². The van der Waals surface area contributed by atoms with E-state index in [0.29, 0.717) is 24.2 Å². The monoisotopic (exact) mass is 388 g/mol. The molecular weight excluding hydrogens is 356 g/mol. The second-order valence-electron chi connectivity index (χ2n) is 10.3. The minimum Gasteiger partial charge on any atom is -0.481 e. The van der Waals surface area contributed by atoms with Gasteiger partial charge >= 0.3 is 5.97 Å². The summed E-state index contributed by atoms with van der Waals surface area (Å²) in [6.45, 7) is 5.85. The summed E-state index contributed by atoms with van der Waals surface area (Å²) in [5, 5.41) is 20.4. The topological polar surface area (TPSA) is 91.7 Å². The van der Waals surface area contributed by atoms with Crippen molar-refractivity contribution in [3.63, 3.8) is 0 Å². The average Bonchev–Trinajstić information content (AvgIpc) is 2.89. The number of aliphatic hydroxyl groups is 1. The molecule has 0 saturated heterocycles. The minimum absolute atomic E-state index is 0.0178. The van der Waals surface area contributed by atoms with Gasteiger partial charge in [-0.05, 0) is 74.7 Å². The standard InChI is InChI=1S/C23H32O5/c1-13(24)23(12-20(27)28)9-7-17-16-5-4-14-10-15(25)11-19(26)22(14,3)18(16)6-8-21(17,23)2/h10,16-19,26H,4-9,11-12H2,1-3H3,(H,27,28)/t16-,17-,18-,19?,21-,22-,23+/m0/s1. The summed E-state index contributed by atoms with van der Waals surface area (Å²) in [5.74, 6) is 0.125. The van der Waals surface area contributed by atoms with Crippen LogP contribution in [0.5, 0.6) is 0 Å². The third-order valence-electron chi connectivity index (χ3n) is 9.56. The zero-order valence-corrected chi connectivity index (χ0v) is 17.2. The SMILES string of the molecule is CC(=O)[C@]1(CC(=O)O)CC[C@H]2[C@@H]3CCC4=CC(=O)CC(O)[C@]4(C)[C@H]3CC[C@@]21C. The second-order valence-corrected chi connectivity index (χ2v) is 10.3. The Kier molecular flexibility index (Phi) is 4.42. The van der Waals surface area contributed by atoms with Gasteiger partial charge in [0.05, 0.1) is 12.5 Å². The first-order valence-electron chi connectivity index (χ1n) is 10.7. The lowest BCUT2D eigenvalue weighted by atomic mass is 9.44. The van der Waals surface area contributed by atoms with E-state index in [1.165, 1.54) is 0 Å². The molecule has 0 radical (unpaired) electrons. The van der Waals surface area contributed by atoms with Crippen LogP contribution in [0.15, 0.2) is 11.6 Å². The fraction of sp³-hybridized carbons (Fsp3) is 0.783. The largest absolute Gasteiger partial charge is 0.481 e. The summed E-state index contributed by atoms with van der Waals surface area (Å²) in [5.41, 5.74) is -0.341. The highest BCUT2D eigenvalue weighted by molar-refractivity contribution is 5.92. The number of rotatable bonds is 3. The number of carbonyl (C=O) groups excluding carboxylic acids is 2. The lowest BCUT2D eigenvalue weighted by Gasteiger charge is -2.60. The van der Waals surface area contributed by atoms with Gasteiger partial charge in [-0.25, -0.2) is 0 Å². The predicted octanol–water partition coefficient (Wildman–Crippen LogP) is 3.54. The van der Waals surface area contributed by atoms with E-state index in [-0.39, 0.29) is 35.2 Å². The Morgan fingerprint density at radius 2 is 1.82 bits per heavy atom. The third kappa shape index (κ3) is 2.38. The summed E-state index contributed by atoms with van der Waals surface area (Å²) >= 11 is 0. The van der Waals surface area contributed by atoms with Crippen molar-refractivity contribution >= 4 is 17.5 Å². The number of aliphatic hydroxyl groups excluding tert-OH is 1. The highest BCUT2D eigenvalue weighted by Crippen LogP contribution is 2.70. The molecule has 0 spiro atoms. The fourth-order valence-electron chi connectivity index (χ4n) is 7.99. The third-order valence-corrected chi connectivity index (χ3v) is 9.56. The highest BCUT2D eigenvalue weighted by Gasteiger charge is 2.66. The smallest absolute Gasteiger partial charge is 0.304 e. The van der Waals surface area contributed by atoms with E-state index in [1.807, 2.05) is 0 Å². The number of carboxylic acid groups (broad SMARTS) is 1. The van der Waals surface area contributed by atoms with Crippen molar-refractivity contribution in [3.05, 3.63) is 11.6 Å². The molecule has 0 aromatic rings. The molecule has 28 heavy (non-hydrogen) atoms. The van der Waals surface area contributed by atoms with Crippen LogP contribution in [0.25, 0.3) is 0 Å². The molecule has 5 heteroatoms. The van der Waals surface area contributed by atoms with Gasteiger partial charge in [0.25, 0.3) is 0 Å². The molecule has 7 atom stereocenters.